The lowest BCUT2D eigenvalue weighted by Gasteiger charge is -2.19. The summed E-state index contributed by atoms with van der Waals surface area (Å²) in [6.07, 6.45) is 5.08. The van der Waals surface area contributed by atoms with Crippen molar-refractivity contribution in [3.63, 3.8) is 0 Å². The number of rotatable bonds is 7. The molecule has 6 rings (SSSR count). The van der Waals surface area contributed by atoms with E-state index in [0.717, 1.165) is 47.0 Å². The van der Waals surface area contributed by atoms with Crippen molar-refractivity contribution in [3.8, 4) is 11.8 Å². The molecule has 2 aromatic carbocycles. The molecule has 0 amide bonds. The zero-order valence-electron chi connectivity index (χ0n) is 19.2. The Kier molecular flexibility index (Phi) is 5.07. The van der Waals surface area contributed by atoms with Gasteiger partial charge in [0, 0.05) is 24.5 Å². The van der Waals surface area contributed by atoms with Gasteiger partial charge in [0.05, 0.1) is 34.0 Å². The smallest absolute Gasteiger partial charge is 0.321 e. The van der Waals surface area contributed by atoms with Crippen molar-refractivity contribution in [1.82, 2.24) is 29.7 Å². The Labute approximate surface area is 206 Å². The minimum Gasteiger partial charge on any atom is -0.424 e. The maximum absolute atomic E-state index is 5.84. The predicted molar refractivity (Wildman–Crippen MR) is 135 cm³/mol. The lowest BCUT2D eigenvalue weighted by Crippen LogP contribution is -2.21. The van der Waals surface area contributed by atoms with E-state index in [9.17, 15) is 0 Å². The van der Waals surface area contributed by atoms with Gasteiger partial charge in [-0.2, -0.15) is 5.10 Å². The second-order valence-corrected chi connectivity index (χ2v) is 9.21. The highest BCUT2D eigenvalue weighted by Gasteiger charge is 2.45. The van der Waals surface area contributed by atoms with Crippen LogP contribution in [0.3, 0.4) is 0 Å². The molecule has 35 heavy (non-hydrogen) atoms. The van der Waals surface area contributed by atoms with Gasteiger partial charge >= 0.3 is 6.01 Å². The summed E-state index contributed by atoms with van der Waals surface area (Å²) in [6.45, 7) is 1.97. The van der Waals surface area contributed by atoms with E-state index in [2.05, 4.69) is 53.6 Å². The number of aryl methyl sites for hydroxylation is 2. The van der Waals surface area contributed by atoms with Crippen LogP contribution in [0, 0.1) is 6.92 Å². The molecule has 0 spiro atoms. The Morgan fingerprint density at radius 2 is 1.83 bits per heavy atom. The van der Waals surface area contributed by atoms with Crippen LogP contribution in [0.15, 0.2) is 60.9 Å². The van der Waals surface area contributed by atoms with Crippen LogP contribution in [-0.2, 0) is 12.6 Å². The topological polar surface area (TPSA) is 106 Å². The average molecular weight is 487 g/mol. The van der Waals surface area contributed by atoms with Crippen LogP contribution < -0.4 is 15.4 Å². The lowest BCUT2D eigenvalue weighted by molar-refractivity contribution is 0.441. The monoisotopic (exact) mass is 486 g/mol. The molecule has 3 heterocycles. The van der Waals surface area contributed by atoms with Crippen molar-refractivity contribution in [2.45, 2.75) is 25.3 Å². The number of imidazole rings is 1. The fourth-order valence-corrected chi connectivity index (χ4v) is 4.23. The number of nitrogens with one attached hydrogen (secondary N) is 3. The number of aromatic nitrogens is 6. The molecule has 0 saturated heterocycles. The van der Waals surface area contributed by atoms with Gasteiger partial charge in [-0.1, -0.05) is 23.7 Å². The fraction of sp³-hybridized carbons (Fsp3) is 0.200. The summed E-state index contributed by atoms with van der Waals surface area (Å²) in [5.41, 5.74) is 4.98. The summed E-state index contributed by atoms with van der Waals surface area (Å²) in [6, 6.07) is 16.3. The van der Waals surface area contributed by atoms with Crippen LogP contribution >= 0.6 is 11.6 Å². The first-order chi connectivity index (χ1) is 17.0. The molecule has 1 aliphatic rings. The Hall–Kier alpha value is -4.11. The van der Waals surface area contributed by atoms with Crippen LogP contribution in [0.5, 0.6) is 11.8 Å². The van der Waals surface area contributed by atoms with Gasteiger partial charge in [0.15, 0.2) is 5.82 Å². The number of fused-ring (bicyclic) bond motifs is 1. The van der Waals surface area contributed by atoms with Crippen molar-refractivity contribution < 1.29 is 4.74 Å². The molecule has 10 heteroatoms. The number of halogens is 1. The van der Waals surface area contributed by atoms with E-state index in [0.29, 0.717) is 10.8 Å². The maximum Gasteiger partial charge on any atom is 0.321 e. The largest absolute Gasteiger partial charge is 0.424 e. The third-order valence-corrected chi connectivity index (χ3v) is 6.37. The third-order valence-electron chi connectivity index (χ3n) is 6.17. The first-order valence-electron chi connectivity index (χ1n) is 11.3. The van der Waals surface area contributed by atoms with E-state index in [1.54, 1.807) is 0 Å². The summed E-state index contributed by atoms with van der Waals surface area (Å²) in [4.78, 5) is 13.0. The SMILES string of the molecule is Cc1cc(Nc2ccc3nc(NC4(c5ccc(Oc6ncc(Cl)cn6)cc5)CC4)n(C)c3c2)n[nH]1. The summed E-state index contributed by atoms with van der Waals surface area (Å²) >= 11 is 5.84. The number of hydrogen-bond donors (Lipinski definition) is 3. The maximum atomic E-state index is 5.84. The fourth-order valence-electron chi connectivity index (χ4n) is 4.13. The van der Waals surface area contributed by atoms with E-state index in [4.69, 9.17) is 21.3 Å². The van der Waals surface area contributed by atoms with Gasteiger partial charge in [-0.3, -0.25) is 5.10 Å². The molecule has 1 aliphatic carbocycles. The van der Waals surface area contributed by atoms with Crippen LogP contribution in [0.1, 0.15) is 24.1 Å². The van der Waals surface area contributed by atoms with Gasteiger partial charge < -0.3 is 19.9 Å². The molecule has 176 valence electrons. The molecule has 0 bridgehead atoms. The quantitative estimate of drug-likeness (QED) is 0.271. The molecule has 0 aliphatic heterocycles. The summed E-state index contributed by atoms with van der Waals surface area (Å²) in [7, 11) is 2.03. The minimum absolute atomic E-state index is 0.141. The van der Waals surface area contributed by atoms with Gasteiger partial charge in [0.2, 0.25) is 5.95 Å². The van der Waals surface area contributed by atoms with Crippen molar-refractivity contribution in [1.29, 1.82) is 0 Å². The van der Waals surface area contributed by atoms with Crippen LogP contribution in [0.25, 0.3) is 11.0 Å². The Bertz CT molecular complexity index is 1500. The highest BCUT2D eigenvalue weighted by atomic mass is 35.5. The van der Waals surface area contributed by atoms with E-state index in [1.807, 2.05) is 44.3 Å². The van der Waals surface area contributed by atoms with Gasteiger partial charge in [0.25, 0.3) is 0 Å². The molecule has 9 nitrogen and oxygen atoms in total. The second kappa shape index (κ2) is 8.28. The highest BCUT2D eigenvalue weighted by Crippen LogP contribution is 2.48. The number of nitrogens with zero attached hydrogens (tertiary/aromatic N) is 5. The van der Waals surface area contributed by atoms with Crippen molar-refractivity contribution in [3.05, 3.63) is 77.2 Å². The van der Waals surface area contributed by atoms with Gasteiger partial charge in [-0.25, -0.2) is 15.0 Å². The van der Waals surface area contributed by atoms with E-state index < -0.39 is 0 Å². The molecular formula is C25H23ClN8O. The number of hydrogen-bond acceptors (Lipinski definition) is 7. The Balaban J connectivity index is 1.20. The molecular weight excluding hydrogens is 464 g/mol. The molecule has 1 saturated carbocycles. The Morgan fingerprint density at radius 3 is 2.51 bits per heavy atom. The highest BCUT2D eigenvalue weighted by molar-refractivity contribution is 6.30. The van der Waals surface area contributed by atoms with Crippen LogP contribution in [-0.4, -0.2) is 29.7 Å². The zero-order chi connectivity index (χ0) is 24.0. The molecule has 1 fully saturated rings. The molecule has 0 atom stereocenters. The number of ether oxygens (including phenoxy) is 1. The van der Waals surface area contributed by atoms with Crippen LogP contribution in [0.4, 0.5) is 17.5 Å². The Morgan fingerprint density at radius 1 is 1.06 bits per heavy atom. The molecule has 3 N–H and O–H groups in total. The molecule has 3 aromatic heterocycles. The summed E-state index contributed by atoms with van der Waals surface area (Å²) in [5, 5.41) is 14.7. The first-order valence-corrected chi connectivity index (χ1v) is 11.6. The van der Waals surface area contributed by atoms with Gasteiger partial charge in [0.1, 0.15) is 5.75 Å². The van der Waals surface area contributed by atoms with Crippen molar-refractivity contribution >= 4 is 40.1 Å². The standard InChI is InChI=1S/C25H23ClN8O/c1-15-11-22(33-32-15)29-18-5-8-20-21(12-18)34(2)23(30-20)31-25(9-10-25)16-3-6-19(7-4-16)35-24-27-13-17(26)14-28-24/h3-8,11-14H,9-10H2,1-2H3,(H,30,31)(H2,29,32,33). The number of anilines is 3. The summed E-state index contributed by atoms with van der Waals surface area (Å²) < 4.78 is 7.81. The predicted octanol–water partition coefficient (Wildman–Crippen LogP) is 5.69. The third kappa shape index (κ3) is 4.26. The normalized spacial score (nSPS) is 14.1. The second-order valence-electron chi connectivity index (χ2n) is 8.78. The van der Waals surface area contributed by atoms with Crippen molar-refractivity contribution in [2.75, 3.05) is 10.6 Å². The van der Waals surface area contributed by atoms with E-state index in [1.165, 1.54) is 18.0 Å². The zero-order valence-corrected chi connectivity index (χ0v) is 20.0. The molecule has 5 aromatic rings. The first kappa shape index (κ1) is 21.4. The number of benzene rings is 2. The molecule has 0 radical (unpaired) electrons. The number of H-pyrrole nitrogens is 1. The number of aromatic amines is 1. The van der Waals surface area contributed by atoms with E-state index in [-0.39, 0.29) is 11.5 Å². The van der Waals surface area contributed by atoms with Gasteiger partial charge in [-0.15, -0.1) is 0 Å². The average Bonchev–Trinajstić information content (AvgIpc) is 3.43. The minimum atomic E-state index is -0.141. The van der Waals surface area contributed by atoms with E-state index >= 15 is 0 Å². The molecule has 0 unspecified atom stereocenters. The van der Waals surface area contributed by atoms with Crippen molar-refractivity contribution in [2.24, 2.45) is 7.05 Å². The van der Waals surface area contributed by atoms with Crippen LogP contribution in [0.2, 0.25) is 5.02 Å². The lowest BCUT2D eigenvalue weighted by atomic mass is 10.1. The summed E-state index contributed by atoms with van der Waals surface area (Å²) in [5.74, 6) is 2.29. The van der Waals surface area contributed by atoms with Gasteiger partial charge in [-0.05, 0) is 55.7 Å².